The molecule has 1 saturated heterocycles. The molecular weight excluding hydrogens is 450 g/mol. The fourth-order valence-electron chi connectivity index (χ4n) is 3.19. The summed E-state index contributed by atoms with van der Waals surface area (Å²) >= 11 is 0. The van der Waals surface area contributed by atoms with Gasteiger partial charge in [0.05, 0.1) is 12.4 Å². The Balaban J connectivity index is 1.69. The van der Waals surface area contributed by atoms with Crippen LogP contribution in [0.15, 0.2) is 11.1 Å². The van der Waals surface area contributed by atoms with E-state index in [0.717, 1.165) is 17.8 Å². The summed E-state index contributed by atoms with van der Waals surface area (Å²) in [6.45, 7) is 5.45. The van der Waals surface area contributed by atoms with Crippen molar-refractivity contribution in [2.24, 2.45) is 0 Å². The van der Waals surface area contributed by atoms with Crippen LogP contribution in [0.4, 0.5) is 10.3 Å². The molecule has 3 rings (SSSR count). The fourth-order valence-corrected chi connectivity index (χ4v) is 3.97. The van der Waals surface area contributed by atoms with Crippen LogP contribution in [-0.2, 0) is 23.4 Å². The van der Waals surface area contributed by atoms with Gasteiger partial charge in [-0.15, -0.1) is 4.52 Å². The molecule has 0 radical (unpaired) electrons. The minimum Gasteiger partial charge on any atom is -0.462 e. The first kappa shape index (κ1) is 24.1. The first-order valence-corrected chi connectivity index (χ1v) is 10.9. The molecule has 15 heteroatoms. The zero-order valence-corrected chi connectivity index (χ0v) is 18.7. The van der Waals surface area contributed by atoms with Crippen molar-refractivity contribution in [3.05, 3.63) is 16.7 Å². The van der Waals surface area contributed by atoms with Gasteiger partial charge in [0.25, 0.3) is 5.56 Å². The van der Waals surface area contributed by atoms with E-state index in [1.165, 1.54) is 6.92 Å². The number of anilines is 1. The standard InChI is InChI=1S/C17H24FN6O7P/c1-7(2)30-14(27)8(3)23-32(28)29-5-9-11(25)17(4,18)15(31-9)24-6-20-10-12(24)21-16(19)22-13(10)26/h6-9,11,15,25H,5H2,1-4H3,(H3-,19,21,22,23,26,28)/p+1. The highest BCUT2D eigenvalue weighted by Crippen LogP contribution is 2.42. The van der Waals surface area contributed by atoms with Gasteiger partial charge >= 0.3 is 14.1 Å². The van der Waals surface area contributed by atoms with E-state index in [-0.39, 0.29) is 23.2 Å². The number of halogens is 1. The average Bonchev–Trinajstić information content (AvgIpc) is 3.19. The number of alkyl halides is 1. The van der Waals surface area contributed by atoms with Gasteiger partial charge in [0.1, 0.15) is 24.9 Å². The highest BCUT2D eigenvalue weighted by atomic mass is 31.1. The van der Waals surface area contributed by atoms with Crippen LogP contribution in [0.2, 0.25) is 0 Å². The number of aromatic amines is 1. The van der Waals surface area contributed by atoms with Crippen LogP contribution in [0.3, 0.4) is 0 Å². The molecule has 6 unspecified atom stereocenters. The molecule has 32 heavy (non-hydrogen) atoms. The van der Waals surface area contributed by atoms with Gasteiger partial charge in [-0.25, -0.2) is 9.37 Å². The van der Waals surface area contributed by atoms with E-state index >= 15 is 4.39 Å². The van der Waals surface area contributed by atoms with Gasteiger partial charge in [0, 0.05) is 0 Å². The van der Waals surface area contributed by atoms with Crippen LogP contribution in [-0.4, -0.2) is 67.2 Å². The fraction of sp³-hybridized carbons (Fsp3) is 0.647. The number of aliphatic hydroxyl groups excluding tert-OH is 1. The minimum atomic E-state index is -2.55. The molecule has 6 atom stereocenters. The van der Waals surface area contributed by atoms with E-state index in [9.17, 15) is 19.3 Å². The molecule has 3 heterocycles. The highest BCUT2D eigenvalue weighted by Gasteiger charge is 2.56. The van der Waals surface area contributed by atoms with E-state index in [2.05, 4.69) is 20.0 Å². The summed E-state index contributed by atoms with van der Waals surface area (Å²) in [7, 11) is -2.55. The third kappa shape index (κ3) is 4.79. The number of imidazole rings is 1. The van der Waals surface area contributed by atoms with Crippen molar-refractivity contribution in [2.75, 3.05) is 12.3 Å². The van der Waals surface area contributed by atoms with Crippen LogP contribution in [0.25, 0.3) is 11.2 Å². The SMILES string of the molecule is CC(C)OC(=O)C(C)N[P+](=O)OCC1OC(n2cnc3c(=O)[nH]c(N)nc32)C(C)(F)C1O. The smallest absolute Gasteiger partial charge is 0.462 e. The van der Waals surface area contributed by atoms with E-state index in [1.54, 1.807) is 13.8 Å². The molecule has 0 aliphatic carbocycles. The molecule has 0 spiro atoms. The van der Waals surface area contributed by atoms with Crippen LogP contribution >= 0.6 is 8.18 Å². The third-order valence-electron chi connectivity index (χ3n) is 4.78. The minimum absolute atomic E-state index is 0.0286. The average molecular weight is 475 g/mol. The van der Waals surface area contributed by atoms with Crippen molar-refractivity contribution >= 4 is 31.3 Å². The Labute approximate surface area is 182 Å². The molecule has 1 fully saturated rings. The number of nitrogens with one attached hydrogen (secondary N) is 2. The van der Waals surface area contributed by atoms with Crippen molar-refractivity contribution in [1.82, 2.24) is 24.6 Å². The number of carbonyl (C=O) groups excluding carboxylic acids is 1. The van der Waals surface area contributed by atoms with Gasteiger partial charge in [-0.2, -0.15) is 4.98 Å². The first-order chi connectivity index (χ1) is 14.9. The Hall–Kier alpha value is -2.51. The number of hydrogen-bond acceptors (Lipinski definition) is 10. The molecule has 5 N–H and O–H groups in total. The quantitative estimate of drug-likeness (QED) is 0.304. The van der Waals surface area contributed by atoms with Gasteiger partial charge in [0.2, 0.25) is 5.95 Å². The number of aliphatic hydroxyl groups is 1. The van der Waals surface area contributed by atoms with Crippen LogP contribution in [0.1, 0.15) is 33.9 Å². The highest BCUT2D eigenvalue weighted by molar-refractivity contribution is 7.36. The van der Waals surface area contributed by atoms with Crippen molar-refractivity contribution in [1.29, 1.82) is 0 Å². The third-order valence-corrected chi connectivity index (χ3v) is 5.76. The van der Waals surface area contributed by atoms with E-state index in [4.69, 9.17) is 19.7 Å². The molecule has 2 aromatic rings. The number of rotatable bonds is 8. The monoisotopic (exact) mass is 475 g/mol. The van der Waals surface area contributed by atoms with Gasteiger partial charge in [-0.1, -0.05) is 5.09 Å². The summed E-state index contributed by atoms with van der Waals surface area (Å²) in [5.74, 6) is -0.814. The lowest BCUT2D eigenvalue weighted by Crippen LogP contribution is -2.40. The topological polar surface area (TPSA) is 184 Å². The van der Waals surface area contributed by atoms with Crippen molar-refractivity contribution in [2.45, 2.75) is 63.9 Å². The Kier molecular flexibility index (Phi) is 6.91. The summed E-state index contributed by atoms with van der Waals surface area (Å²) in [6.07, 6.45) is -3.50. The predicted molar refractivity (Wildman–Crippen MR) is 109 cm³/mol. The number of fused-ring (bicyclic) bond motifs is 1. The molecule has 13 nitrogen and oxygen atoms in total. The first-order valence-electron chi connectivity index (χ1n) is 9.73. The second kappa shape index (κ2) is 9.16. The Morgan fingerprint density at radius 1 is 1.53 bits per heavy atom. The number of ether oxygens (including phenoxy) is 2. The second-order valence-corrected chi connectivity index (χ2v) is 8.82. The summed E-state index contributed by atoms with van der Waals surface area (Å²) in [5, 5.41) is 12.9. The molecular formula is C17H25FN6O7P+. The molecule has 2 aromatic heterocycles. The molecule has 176 valence electrons. The van der Waals surface area contributed by atoms with Gasteiger partial charge in [-0.05, 0) is 32.3 Å². The zero-order chi connectivity index (χ0) is 23.8. The van der Waals surface area contributed by atoms with Gasteiger partial charge in [-0.3, -0.25) is 19.1 Å². The molecule has 0 aromatic carbocycles. The number of nitrogens with two attached hydrogens (primary N) is 1. The molecule has 1 aliphatic rings. The number of H-pyrrole nitrogens is 1. The predicted octanol–water partition coefficient (Wildman–Crippen LogP) is 0.292. The summed E-state index contributed by atoms with van der Waals surface area (Å²) in [5.41, 5.74) is 2.50. The van der Waals surface area contributed by atoms with E-state index in [1.807, 2.05) is 0 Å². The Morgan fingerprint density at radius 3 is 2.88 bits per heavy atom. The number of hydrogen-bond donors (Lipinski definition) is 4. The van der Waals surface area contributed by atoms with Crippen LogP contribution < -0.4 is 16.4 Å². The number of nitrogens with zero attached hydrogens (tertiary/aromatic N) is 3. The lowest BCUT2D eigenvalue weighted by atomic mass is 9.98. The number of nitrogen functional groups attached to an aromatic ring is 1. The Morgan fingerprint density at radius 2 is 2.22 bits per heavy atom. The van der Waals surface area contributed by atoms with E-state index in [0.29, 0.717) is 0 Å². The molecule has 0 bridgehead atoms. The normalized spacial score (nSPS) is 27.1. The second-order valence-electron chi connectivity index (χ2n) is 7.79. The summed E-state index contributed by atoms with van der Waals surface area (Å²) < 4.78 is 44.4. The van der Waals surface area contributed by atoms with Gasteiger partial charge < -0.3 is 20.3 Å². The van der Waals surface area contributed by atoms with Crippen molar-refractivity contribution in [3.8, 4) is 0 Å². The maximum atomic E-state index is 15.4. The van der Waals surface area contributed by atoms with Crippen LogP contribution in [0, 0.1) is 0 Å². The molecule has 0 saturated carbocycles. The molecule has 0 amide bonds. The number of aromatic nitrogens is 4. The maximum absolute atomic E-state index is 15.4. The van der Waals surface area contributed by atoms with E-state index < -0.39 is 56.5 Å². The van der Waals surface area contributed by atoms with Gasteiger partial charge in [0.15, 0.2) is 23.1 Å². The molecule has 1 aliphatic heterocycles. The summed E-state index contributed by atoms with van der Waals surface area (Å²) in [6, 6.07) is -0.915. The van der Waals surface area contributed by atoms with Crippen LogP contribution in [0.5, 0.6) is 0 Å². The summed E-state index contributed by atoms with van der Waals surface area (Å²) in [4.78, 5) is 33.9. The maximum Gasteiger partial charge on any atom is 0.613 e. The number of carbonyl (C=O) groups is 1. The van der Waals surface area contributed by atoms with Crippen molar-refractivity contribution < 1.29 is 32.9 Å². The number of esters is 1. The lowest BCUT2D eigenvalue weighted by molar-refractivity contribution is -0.149. The lowest BCUT2D eigenvalue weighted by Gasteiger charge is -2.24. The Bertz CT molecular complexity index is 1070. The largest absolute Gasteiger partial charge is 0.613 e. The van der Waals surface area contributed by atoms with Crippen molar-refractivity contribution in [3.63, 3.8) is 0 Å². The zero-order valence-electron chi connectivity index (χ0n) is 17.8.